The van der Waals surface area contributed by atoms with Gasteiger partial charge in [-0.2, -0.15) is 0 Å². The first kappa shape index (κ1) is 22.5. The Morgan fingerprint density at radius 2 is 0.794 bits per heavy atom. The zero-order chi connectivity index (χ0) is 24.4. The molecule has 0 radical (unpaired) electrons. The topological polar surface area (TPSA) is 138 Å². The summed E-state index contributed by atoms with van der Waals surface area (Å²) in [5.74, 6) is -5.80. The highest BCUT2D eigenvalue weighted by atomic mass is 16.3. The maximum absolute atomic E-state index is 14.3. The zero-order valence-electron chi connectivity index (χ0n) is 17.8. The molecule has 172 valence electrons. The predicted molar refractivity (Wildman–Crippen MR) is 124 cm³/mol. The van der Waals surface area contributed by atoms with Gasteiger partial charge >= 0.3 is 0 Å². The van der Waals surface area contributed by atoms with E-state index in [0.29, 0.717) is 11.1 Å². The Balaban J connectivity index is 1.99. The monoisotopic (exact) mass is 458 g/mol. The van der Waals surface area contributed by atoms with Crippen molar-refractivity contribution < 1.29 is 35.4 Å². The van der Waals surface area contributed by atoms with Crippen molar-refractivity contribution >= 4 is 5.78 Å². The summed E-state index contributed by atoms with van der Waals surface area (Å²) in [4.78, 5) is 14.3. The molecule has 0 aliphatic rings. The van der Waals surface area contributed by atoms with E-state index in [1.54, 1.807) is 60.7 Å². The number of rotatable bonds is 6. The van der Waals surface area contributed by atoms with Crippen molar-refractivity contribution in [2.75, 3.05) is 0 Å². The first-order valence-electron chi connectivity index (χ1n) is 10.4. The molecule has 2 unspecified atom stereocenters. The summed E-state index contributed by atoms with van der Waals surface area (Å²) in [6.07, 6.45) is 0. The number of benzene rings is 4. The zero-order valence-corrected chi connectivity index (χ0v) is 17.8. The van der Waals surface area contributed by atoms with Crippen molar-refractivity contribution in [1.82, 2.24) is 0 Å². The van der Waals surface area contributed by atoms with E-state index >= 15 is 0 Å². The molecule has 0 amide bonds. The summed E-state index contributed by atoms with van der Waals surface area (Å²) in [7, 11) is 0. The molecule has 34 heavy (non-hydrogen) atoms. The minimum absolute atomic E-state index is 0.132. The van der Waals surface area contributed by atoms with Crippen molar-refractivity contribution in [2.24, 2.45) is 0 Å². The maximum Gasteiger partial charge on any atom is 0.157 e. The van der Waals surface area contributed by atoms with Crippen LogP contribution in [0.15, 0.2) is 84.9 Å². The van der Waals surface area contributed by atoms with Gasteiger partial charge in [-0.3, -0.25) is 4.79 Å². The number of carbonyl (C=O) groups excluding carboxylic acids is 1. The molecule has 4 rings (SSSR count). The molecule has 0 spiro atoms. The average Bonchev–Trinajstić information content (AvgIpc) is 2.79. The third-order valence-corrected chi connectivity index (χ3v) is 5.65. The third-order valence-electron chi connectivity index (χ3n) is 5.65. The highest BCUT2D eigenvalue weighted by molar-refractivity contribution is 5.99. The summed E-state index contributed by atoms with van der Waals surface area (Å²) in [6.45, 7) is 0. The number of Topliss-reactive ketones (excluding diaryl/α,β-unsaturated/α-hetero) is 1. The average molecular weight is 458 g/mol. The molecule has 7 heteroatoms. The number of hydrogen-bond acceptors (Lipinski definition) is 7. The lowest BCUT2D eigenvalue weighted by Crippen LogP contribution is -2.23. The van der Waals surface area contributed by atoms with Gasteiger partial charge in [0.2, 0.25) is 0 Å². The van der Waals surface area contributed by atoms with Crippen molar-refractivity contribution in [1.29, 1.82) is 0 Å². The molecule has 7 nitrogen and oxygen atoms in total. The molecule has 2 atom stereocenters. The minimum Gasteiger partial charge on any atom is -0.508 e. The fourth-order valence-electron chi connectivity index (χ4n) is 4.21. The molecule has 4 aromatic carbocycles. The summed E-state index contributed by atoms with van der Waals surface area (Å²) in [5, 5.41) is 62.0. The van der Waals surface area contributed by atoms with Gasteiger partial charge in [0.1, 0.15) is 34.5 Å². The Hall–Kier alpha value is -4.65. The number of carbonyl (C=O) groups is 1. The predicted octanol–water partition coefficient (Wildman–Crippen LogP) is 4.45. The van der Waals surface area contributed by atoms with Crippen molar-refractivity contribution in [3.05, 3.63) is 107 Å². The maximum atomic E-state index is 14.3. The molecule has 0 fully saturated rings. The molecular formula is C27H22O7. The SMILES string of the molecule is O=C(C(c1ccccc1)c1c(O)cc(O)cc1O)C(c1ccccc1)c1c(O)cc(O)cc1O. The van der Waals surface area contributed by atoms with Crippen LogP contribution in [-0.4, -0.2) is 36.4 Å². The van der Waals surface area contributed by atoms with Crippen LogP contribution in [0.1, 0.15) is 34.1 Å². The van der Waals surface area contributed by atoms with Crippen LogP contribution in [0.2, 0.25) is 0 Å². The highest BCUT2D eigenvalue weighted by Gasteiger charge is 2.37. The van der Waals surface area contributed by atoms with Crippen LogP contribution < -0.4 is 0 Å². The Morgan fingerprint density at radius 3 is 1.09 bits per heavy atom. The van der Waals surface area contributed by atoms with E-state index in [1.807, 2.05) is 0 Å². The summed E-state index contributed by atoms with van der Waals surface area (Å²) < 4.78 is 0. The second-order valence-electron chi connectivity index (χ2n) is 7.89. The lowest BCUT2D eigenvalue weighted by atomic mass is 9.76. The summed E-state index contributed by atoms with van der Waals surface area (Å²) >= 11 is 0. The summed E-state index contributed by atoms with van der Waals surface area (Å²) in [6, 6.07) is 20.9. The number of hydrogen-bond donors (Lipinski definition) is 6. The van der Waals surface area contributed by atoms with Crippen LogP contribution in [0.25, 0.3) is 0 Å². The highest BCUT2D eigenvalue weighted by Crippen LogP contribution is 2.47. The Kier molecular flexibility index (Phi) is 6.01. The largest absolute Gasteiger partial charge is 0.508 e. The van der Waals surface area contributed by atoms with Crippen molar-refractivity contribution in [3.63, 3.8) is 0 Å². The quantitative estimate of drug-likeness (QED) is 0.251. The van der Waals surface area contributed by atoms with Gasteiger partial charge in [0, 0.05) is 24.3 Å². The van der Waals surface area contributed by atoms with Gasteiger partial charge in [-0.25, -0.2) is 0 Å². The number of phenolic OH excluding ortho intramolecular Hbond substituents is 6. The molecule has 0 bridgehead atoms. The third kappa shape index (κ3) is 4.19. The molecule has 0 aliphatic carbocycles. The van der Waals surface area contributed by atoms with E-state index in [1.165, 1.54) is 0 Å². The molecule has 4 aromatic rings. The van der Waals surface area contributed by atoms with Crippen molar-refractivity contribution in [3.8, 4) is 34.5 Å². The first-order chi connectivity index (χ1) is 16.3. The van der Waals surface area contributed by atoms with Gasteiger partial charge in [0.25, 0.3) is 0 Å². The van der Waals surface area contributed by atoms with Gasteiger partial charge < -0.3 is 30.6 Å². The second kappa shape index (κ2) is 9.07. The normalized spacial score (nSPS) is 12.7. The molecule has 0 aromatic heterocycles. The van der Waals surface area contributed by atoms with E-state index in [4.69, 9.17) is 0 Å². The smallest absolute Gasteiger partial charge is 0.157 e. The van der Waals surface area contributed by atoms with E-state index < -0.39 is 40.6 Å². The molecule has 6 N–H and O–H groups in total. The van der Waals surface area contributed by atoms with Crippen LogP contribution in [0.3, 0.4) is 0 Å². The van der Waals surface area contributed by atoms with Crippen LogP contribution in [0, 0.1) is 0 Å². The molecule has 0 aliphatic heterocycles. The van der Waals surface area contributed by atoms with Gasteiger partial charge in [-0.05, 0) is 11.1 Å². The lowest BCUT2D eigenvalue weighted by Gasteiger charge is -2.26. The van der Waals surface area contributed by atoms with Gasteiger partial charge in [0.05, 0.1) is 23.0 Å². The first-order valence-corrected chi connectivity index (χ1v) is 10.4. The lowest BCUT2D eigenvalue weighted by molar-refractivity contribution is -0.120. The van der Waals surface area contributed by atoms with Gasteiger partial charge in [-0.1, -0.05) is 60.7 Å². The van der Waals surface area contributed by atoms with Gasteiger partial charge in [-0.15, -0.1) is 0 Å². The number of ketones is 1. The minimum atomic E-state index is -1.24. The molecule has 0 saturated carbocycles. The molecule has 0 heterocycles. The molecule has 0 saturated heterocycles. The standard InChI is InChI=1S/C27H22O7/c28-17-11-19(30)25(20(31)12-17)23(15-7-3-1-4-8-15)27(34)24(16-9-5-2-6-10-16)26-21(32)13-18(29)14-22(26)33/h1-14,23-24,28-33H. The van der Waals surface area contributed by atoms with E-state index in [9.17, 15) is 35.4 Å². The fraction of sp³-hybridized carbons (Fsp3) is 0.0741. The van der Waals surface area contributed by atoms with E-state index in [-0.39, 0.29) is 22.6 Å². The molecular weight excluding hydrogens is 436 g/mol. The Bertz CT molecular complexity index is 1180. The Labute approximate surface area is 195 Å². The van der Waals surface area contributed by atoms with Crippen molar-refractivity contribution in [2.45, 2.75) is 11.8 Å². The second-order valence-corrected chi connectivity index (χ2v) is 7.89. The number of phenols is 6. The van der Waals surface area contributed by atoms with Crippen LogP contribution >= 0.6 is 0 Å². The fourth-order valence-corrected chi connectivity index (χ4v) is 4.21. The Morgan fingerprint density at radius 1 is 0.500 bits per heavy atom. The van der Waals surface area contributed by atoms with Crippen LogP contribution in [0.4, 0.5) is 0 Å². The van der Waals surface area contributed by atoms with Gasteiger partial charge in [0.15, 0.2) is 5.78 Å². The summed E-state index contributed by atoms with van der Waals surface area (Å²) in [5.41, 5.74) is 0.602. The number of aromatic hydroxyl groups is 6. The van der Waals surface area contributed by atoms with E-state index in [2.05, 4.69) is 0 Å². The van der Waals surface area contributed by atoms with Crippen LogP contribution in [0.5, 0.6) is 34.5 Å². The van der Waals surface area contributed by atoms with E-state index in [0.717, 1.165) is 24.3 Å². The van der Waals surface area contributed by atoms with Crippen LogP contribution in [-0.2, 0) is 4.79 Å².